The van der Waals surface area contributed by atoms with E-state index in [1.165, 1.54) is 0 Å². The minimum atomic E-state index is -3.54. The predicted octanol–water partition coefficient (Wildman–Crippen LogP) is 4.80. The summed E-state index contributed by atoms with van der Waals surface area (Å²) in [5.74, 6) is 1.91. The molecule has 36 heavy (non-hydrogen) atoms. The van der Waals surface area contributed by atoms with Gasteiger partial charge in [0.2, 0.25) is 10.0 Å². The van der Waals surface area contributed by atoms with Crippen molar-refractivity contribution in [3.8, 4) is 0 Å². The van der Waals surface area contributed by atoms with Crippen LogP contribution in [0.5, 0.6) is 0 Å². The molecule has 6 rings (SSSR count). The molecule has 2 aliphatic rings. The van der Waals surface area contributed by atoms with Gasteiger partial charge in [0.15, 0.2) is 5.16 Å². The van der Waals surface area contributed by atoms with Crippen LogP contribution < -0.4 is 0 Å². The van der Waals surface area contributed by atoms with Crippen LogP contribution in [0, 0.1) is 5.92 Å². The maximum absolute atomic E-state index is 13.4. The van der Waals surface area contributed by atoms with Gasteiger partial charge >= 0.3 is 0 Å². The number of thioether (sulfide) groups is 1. The lowest BCUT2D eigenvalue weighted by molar-refractivity contribution is 0.0960. The van der Waals surface area contributed by atoms with E-state index >= 15 is 0 Å². The molecule has 2 saturated heterocycles. The number of para-hydroxylation sites is 2. The van der Waals surface area contributed by atoms with Gasteiger partial charge in [0.05, 0.1) is 45.4 Å². The fraction of sp³-hybridized carbons (Fsp3) is 0.462. The first-order chi connectivity index (χ1) is 17.5. The van der Waals surface area contributed by atoms with Crippen LogP contribution in [0.4, 0.5) is 0 Å². The molecule has 2 aliphatic heterocycles. The van der Waals surface area contributed by atoms with Crippen molar-refractivity contribution in [3.05, 3.63) is 48.3 Å². The molecule has 0 aliphatic carbocycles. The Kier molecular flexibility index (Phi) is 6.53. The predicted molar refractivity (Wildman–Crippen MR) is 142 cm³/mol. The van der Waals surface area contributed by atoms with Gasteiger partial charge in [-0.05, 0) is 61.9 Å². The number of rotatable bonds is 7. The van der Waals surface area contributed by atoms with Crippen LogP contribution in [0.15, 0.2) is 52.5 Å². The summed E-state index contributed by atoms with van der Waals surface area (Å²) in [6, 6.07) is 13.4. The van der Waals surface area contributed by atoms with Crippen molar-refractivity contribution in [2.75, 3.05) is 19.7 Å². The second-order valence-electron chi connectivity index (χ2n) is 9.89. The number of imidazole rings is 2. The molecule has 8 nitrogen and oxygen atoms in total. The van der Waals surface area contributed by atoms with Crippen LogP contribution in [0.1, 0.15) is 38.4 Å². The Morgan fingerprint density at radius 2 is 2.00 bits per heavy atom. The third kappa shape index (κ3) is 4.67. The Hall–Kier alpha value is -2.40. The molecule has 2 unspecified atom stereocenters. The lowest BCUT2D eigenvalue weighted by atomic mass is 10.0. The summed E-state index contributed by atoms with van der Waals surface area (Å²) in [5.41, 5.74) is 3.60. The van der Waals surface area contributed by atoms with Crippen LogP contribution >= 0.6 is 11.8 Å². The zero-order chi connectivity index (χ0) is 24.7. The molecule has 10 heteroatoms. The maximum Gasteiger partial charge on any atom is 0.243 e. The zero-order valence-electron chi connectivity index (χ0n) is 20.4. The second kappa shape index (κ2) is 9.81. The molecule has 2 atom stereocenters. The van der Waals surface area contributed by atoms with E-state index < -0.39 is 10.0 Å². The smallest absolute Gasteiger partial charge is 0.243 e. The monoisotopic (exact) mass is 525 g/mol. The van der Waals surface area contributed by atoms with Gasteiger partial charge in [0.1, 0.15) is 5.82 Å². The van der Waals surface area contributed by atoms with E-state index in [2.05, 4.69) is 16.5 Å². The number of hydrogen-bond acceptors (Lipinski definition) is 6. The third-order valence-corrected chi connectivity index (χ3v) is 9.98. The van der Waals surface area contributed by atoms with Crippen LogP contribution in [-0.4, -0.2) is 58.0 Å². The number of aromatic amines is 1. The molecular weight excluding hydrogens is 494 g/mol. The zero-order valence-corrected chi connectivity index (χ0v) is 22.0. The number of fused-ring (bicyclic) bond motifs is 2. The molecule has 0 radical (unpaired) electrons. The summed E-state index contributed by atoms with van der Waals surface area (Å²) in [5, 5.41) is 0.849. The highest BCUT2D eigenvalue weighted by atomic mass is 32.2. The summed E-state index contributed by atoms with van der Waals surface area (Å²) in [6.07, 6.45) is 4.21. The number of aromatic nitrogens is 4. The fourth-order valence-corrected chi connectivity index (χ4v) is 7.76. The minimum Gasteiger partial charge on any atom is -0.376 e. The van der Waals surface area contributed by atoms with Gasteiger partial charge in [0, 0.05) is 19.7 Å². The van der Waals surface area contributed by atoms with Crippen molar-refractivity contribution in [3.63, 3.8) is 0 Å². The van der Waals surface area contributed by atoms with Gasteiger partial charge in [0.25, 0.3) is 0 Å². The topological polar surface area (TPSA) is 93.1 Å². The highest BCUT2D eigenvalue weighted by Crippen LogP contribution is 2.31. The van der Waals surface area contributed by atoms with E-state index in [1.54, 1.807) is 28.2 Å². The number of nitrogens with one attached hydrogen (secondary N) is 1. The molecule has 4 heterocycles. The van der Waals surface area contributed by atoms with Gasteiger partial charge in [-0.15, -0.1) is 0 Å². The molecule has 190 valence electrons. The summed E-state index contributed by atoms with van der Waals surface area (Å²) in [4.78, 5) is 13.3. The Bertz CT molecular complexity index is 1460. The lowest BCUT2D eigenvalue weighted by Gasteiger charge is -2.30. The standard InChI is InChI=1S/C26H31N5O3S2/c1-18-6-4-12-30(15-18)36(32,33)20-10-11-24-23(14-20)29-26(31(24)16-19-7-5-13-34-19)35-17-25-27-21-8-2-3-9-22(21)28-25/h2-3,8-11,14,18-19H,4-7,12-13,15-17H2,1H3,(H,27,28). The number of nitrogens with zero attached hydrogens (tertiary/aromatic N) is 4. The second-order valence-corrected chi connectivity index (χ2v) is 12.8. The van der Waals surface area contributed by atoms with Crippen molar-refractivity contribution in [1.29, 1.82) is 0 Å². The fourth-order valence-electron chi connectivity index (χ4n) is 5.25. The van der Waals surface area contributed by atoms with Crippen molar-refractivity contribution in [1.82, 2.24) is 23.8 Å². The molecule has 0 amide bonds. The van der Waals surface area contributed by atoms with Crippen molar-refractivity contribution in [2.24, 2.45) is 5.92 Å². The van der Waals surface area contributed by atoms with Gasteiger partial charge < -0.3 is 14.3 Å². The summed E-state index contributed by atoms with van der Waals surface area (Å²) >= 11 is 1.61. The number of benzene rings is 2. The summed E-state index contributed by atoms with van der Waals surface area (Å²) in [6.45, 7) is 4.76. The number of hydrogen-bond donors (Lipinski definition) is 1. The van der Waals surface area contributed by atoms with Crippen molar-refractivity contribution < 1.29 is 13.2 Å². The van der Waals surface area contributed by atoms with E-state index in [0.717, 1.165) is 59.8 Å². The Morgan fingerprint density at radius 1 is 1.11 bits per heavy atom. The van der Waals surface area contributed by atoms with E-state index in [-0.39, 0.29) is 6.10 Å². The lowest BCUT2D eigenvalue weighted by Crippen LogP contribution is -2.39. The molecule has 1 N–H and O–H groups in total. The Labute approximate surface area is 215 Å². The van der Waals surface area contributed by atoms with Gasteiger partial charge in [-0.1, -0.05) is 30.8 Å². The molecule has 2 aromatic carbocycles. The van der Waals surface area contributed by atoms with E-state index in [4.69, 9.17) is 14.7 Å². The van der Waals surface area contributed by atoms with Gasteiger partial charge in [-0.3, -0.25) is 0 Å². The van der Waals surface area contributed by atoms with Crippen LogP contribution in [0.2, 0.25) is 0 Å². The van der Waals surface area contributed by atoms with Gasteiger partial charge in [-0.25, -0.2) is 18.4 Å². The maximum atomic E-state index is 13.4. The van der Waals surface area contributed by atoms with Crippen LogP contribution in [-0.2, 0) is 27.1 Å². The summed E-state index contributed by atoms with van der Waals surface area (Å²) in [7, 11) is -3.54. The average molecular weight is 526 g/mol. The normalized spacial score (nSPS) is 21.6. The summed E-state index contributed by atoms with van der Waals surface area (Å²) < 4.78 is 36.5. The minimum absolute atomic E-state index is 0.145. The average Bonchev–Trinajstić information content (AvgIpc) is 3.61. The number of sulfonamides is 1. The Balaban J connectivity index is 1.32. The number of piperidine rings is 1. The Morgan fingerprint density at radius 3 is 2.81 bits per heavy atom. The SMILES string of the molecule is CC1CCCN(S(=O)(=O)c2ccc3c(c2)nc(SCc2nc4ccccc4[nH]2)n3CC2CCCO2)C1. The molecule has 0 bridgehead atoms. The molecule has 2 fully saturated rings. The first kappa shape index (κ1) is 24.0. The van der Waals surface area contributed by atoms with Crippen molar-refractivity contribution in [2.45, 2.75) is 61.1 Å². The van der Waals surface area contributed by atoms with E-state index in [0.29, 0.717) is 41.7 Å². The van der Waals surface area contributed by atoms with Gasteiger partial charge in [-0.2, -0.15) is 4.31 Å². The quantitative estimate of drug-likeness (QED) is 0.348. The number of ether oxygens (including phenoxy) is 1. The first-order valence-corrected chi connectivity index (χ1v) is 15.1. The van der Waals surface area contributed by atoms with E-state index in [9.17, 15) is 8.42 Å². The molecule has 2 aromatic heterocycles. The highest BCUT2D eigenvalue weighted by molar-refractivity contribution is 7.98. The molecular formula is C26H31N5O3S2. The van der Waals surface area contributed by atoms with Crippen LogP contribution in [0.3, 0.4) is 0 Å². The third-order valence-electron chi connectivity index (χ3n) is 7.13. The van der Waals surface area contributed by atoms with Crippen molar-refractivity contribution >= 4 is 43.9 Å². The molecule has 0 saturated carbocycles. The van der Waals surface area contributed by atoms with E-state index in [1.807, 2.05) is 30.3 Å². The first-order valence-electron chi connectivity index (χ1n) is 12.7. The molecule has 4 aromatic rings. The largest absolute Gasteiger partial charge is 0.376 e. The van der Waals surface area contributed by atoms with Crippen LogP contribution in [0.25, 0.3) is 22.1 Å². The highest BCUT2D eigenvalue weighted by Gasteiger charge is 2.29. The molecule has 0 spiro atoms. The number of H-pyrrole nitrogens is 1.